The normalized spacial score (nSPS) is 16.3. The molecule has 1 aliphatic heterocycles. The Balaban J connectivity index is 1.80. The van der Waals surface area contributed by atoms with Gasteiger partial charge in [0, 0.05) is 5.56 Å². The summed E-state index contributed by atoms with van der Waals surface area (Å²) in [7, 11) is 3.34. The van der Waals surface area contributed by atoms with Gasteiger partial charge in [0.05, 0.1) is 26.2 Å². The predicted molar refractivity (Wildman–Crippen MR) is 117 cm³/mol. The van der Waals surface area contributed by atoms with Crippen LogP contribution in [-0.2, 0) is 4.79 Å². The topological polar surface area (TPSA) is 59.0 Å². The van der Waals surface area contributed by atoms with Crippen LogP contribution in [0.1, 0.15) is 30.0 Å². The molecule has 3 aromatic carbocycles. The third kappa shape index (κ3) is 3.98. The summed E-state index contributed by atoms with van der Waals surface area (Å²) in [5.74, 6) is 0.605. The van der Waals surface area contributed by atoms with E-state index in [0.717, 1.165) is 35.7 Å². The molecule has 0 saturated carbocycles. The third-order valence-electron chi connectivity index (χ3n) is 6.06. The van der Waals surface area contributed by atoms with Gasteiger partial charge in [0.1, 0.15) is 11.5 Å². The van der Waals surface area contributed by atoms with Crippen LogP contribution < -0.4 is 9.47 Å². The molecule has 156 valence electrons. The molecule has 0 amide bonds. The summed E-state index contributed by atoms with van der Waals surface area (Å²) >= 11 is 0. The minimum Gasteiger partial charge on any atom is -0.497 e. The second-order valence-electron chi connectivity index (χ2n) is 7.77. The van der Waals surface area contributed by atoms with Crippen molar-refractivity contribution in [2.45, 2.75) is 18.9 Å². The lowest BCUT2D eigenvalue weighted by molar-refractivity contribution is -0.143. The minimum absolute atomic E-state index is 0.0469. The number of benzene rings is 3. The quantitative estimate of drug-likeness (QED) is 0.642. The Kier molecular flexibility index (Phi) is 5.91. The number of nitrogens with zero attached hydrogens (tertiary/aromatic N) is 1. The zero-order valence-corrected chi connectivity index (χ0v) is 17.4. The van der Waals surface area contributed by atoms with Crippen molar-refractivity contribution in [3.8, 4) is 11.5 Å². The number of hydrogen-bond donors (Lipinski definition) is 1. The smallest absolute Gasteiger partial charge is 0.306 e. The highest BCUT2D eigenvalue weighted by atomic mass is 16.5. The molecule has 5 nitrogen and oxygen atoms in total. The van der Waals surface area contributed by atoms with Crippen LogP contribution in [0.4, 0.5) is 0 Å². The lowest BCUT2D eigenvalue weighted by Gasteiger charge is -2.37. The van der Waals surface area contributed by atoms with E-state index in [1.165, 1.54) is 10.8 Å². The van der Waals surface area contributed by atoms with Crippen molar-refractivity contribution in [2.75, 3.05) is 27.3 Å². The van der Waals surface area contributed by atoms with Gasteiger partial charge in [0.2, 0.25) is 0 Å². The van der Waals surface area contributed by atoms with Crippen LogP contribution in [0.3, 0.4) is 0 Å². The van der Waals surface area contributed by atoms with Crippen molar-refractivity contribution in [3.63, 3.8) is 0 Å². The first kappa shape index (κ1) is 20.2. The molecule has 0 bridgehead atoms. The van der Waals surface area contributed by atoms with Gasteiger partial charge in [-0.05, 0) is 66.5 Å². The predicted octanol–water partition coefficient (Wildman–Crippen LogP) is 4.74. The number of likely N-dealkylation sites (tertiary alicyclic amines) is 1. The van der Waals surface area contributed by atoms with Crippen LogP contribution in [0.2, 0.25) is 0 Å². The number of carboxylic acid groups (broad SMARTS) is 1. The summed E-state index contributed by atoms with van der Waals surface area (Å²) in [5.41, 5.74) is 2.19. The van der Waals surface area contributed by atoms with Gasteiger partial charge in [-0.2, -0.15) is 0 Å². The van der Waals surface area contributed by atoms with E-state index in [2.05, 4.69) is 35.2 Å². The molecule has 1 unspecified atom stereocenters. The molecular formula is C25H27NO4. The van der Waals surface area contributed by atoms with Crippen molar-refractivity contribution < 1.29 is 19.4 Å². The van der Waals surface area contributed by atoms with Crippen LogP contribution in [0.25, 0.3) is 10.8 Å². The Morgan fingerprint density at radius 2 is 1.70 bits per heavy atom. The SMILES string of the molecule is COc1ccc(OC)c(C(c2ccc3ccccc3c2)N2CCC(C(=O)O)CC2)c1. The van der Waals surface area contributed by atoms with E-state index in [1.807, 2.05) is 30.3 Å². The average Bonchev–Trinajstić information content (AvgIpc) is 2.79. The number of carbonyl (C=O) groups is 1. The Hall–Kier alpha value is -3.05. The number of fused-ring (bicyclic) bond motifs is 1. The molecule has 1 saturated heterocycles. The largest absolute Gasteiger partial charge is 0.497 e. The molecule has 3 aromatic rings. The molecule has 5 heteroatoms. The second kappa shape index (κ2) is 8.76. The molecular weight excluding hydrogens is 378 g/mol. The van der Waals surface area contributed by atoms with Gasteiger partial charge in [-0.3, -0.25) is 9.69 Å². The van der Waals surface area contributed by atoms with Gasteiger partial charge < -0.3 is 14.6 Å². The van der Waals surface area contributed by atoms with E-state index < -0.39 is 5.97 Å². The Morgan fingerprint density at radius 3 is 2.37 bits per heavy atom. The van der Waals surface area contributed by atoms with Crippen molar-refractivity contribution in [2.24, 2.45) is 5.92 Å². The van der Waals surface area contributed by atoms with Crippen molar-refractivity contribution in [1.82, 2.24) is 4.90 Å². The molecule has 1 aliphatic rings. The maximum Gasteiger partial charge on any atom is 0.306 e. The van der Waals surface area contributed by atoms with Gasteiger partial charge in [0.15, 0.2) is 0 Å². The van der Waals surface area contributed by atoms with Crippen LogP contribution >= 0.6 is 0 Å². The molecule has 4 rings (SSSR count). The van der Waals surface area contributed by atoms with E-state index in [9.17, 15) is 9.90 Å². The number of piperidine rings is 1. The van der Waals surface area contributed by atoms with Crippen LogP contribution in [0.15, 0.2) is 60.7 Å². The lowest BCUT2D eigenvalue weighted by Crippen LogP contribution is -2.39. The highest BCUT2D eigenvalue weighted by Crippen LogP contribution is 2.39. The Labute approximate surface area is 176 Å². The standard InChI is InChI=1S/C25H27NO4/c1-29-21-9-10-23(30-2)22(16-21)24(26-13-11-18(12-14-26)25(27)28)20-8-7-17-5-3-4-6-19(17)15-20/h3-10,15-16,18,24H,11-14H2,1-2H3,(H,27,28). The van der Waals surface area contributed by atoms with Crippen LogP contribution in [0, 0.1) is 5.92 Å². The number of hydrogen-bond acceptors (Lipinski definition) is 4. The number of rotatable bonds is 6. The van der Waals surface area contributed by atoms with Gasteiger partial charge in [0.25, 0.3) is 0 Å². The van der Waals surface area contributed by atoms with Crippen LogP contribution in [-0.4, -0.2) is 43.3 Å². The highest BCUT2D eigenvalue weighted by molar-refractivity contribution is 5.83. The summed E-state index contributed by atoms with van der Waals surface area (Å²) in [6.45, 7) is 1.43. The highest BCUT2D eigenvalue weighted by Gasteiger charge is 2.32. The molecule has 0 aromatic heterocycles. The first-order valence-corrected chi connectivity index (χ1v) is 10.3. The van der Waals surface area contributed by atoms with Crippen molar-refractivity contribution in [3.05, 3.63) is 71.8 Å². The number of aliphatic carboxylic acids is 1. The fourth-order valence-corrected chi connectivity index (χ4v) is 4.42. The molecule has 0 aliphatic carbocycles. The van der Waals surface area contributed by atoms with Gasteiger partial charge in [-0.15, -0.1) is 0 Å². The summed E-state index contributed by atoms with van der Waals surface area (Å²) in [6.07, 6.45) is 1.29. The third-order valence-corrected chi connectivity index (χ3v) is 6.06. The van der Waals surface area contributed by atoms with Gasteiger partial charge in [-0.1, -0.05) is 36.4 Å². The zero-order valence-electron chi connectivity index (χ0n) is 17.4. The average molecular weight is 405 g/mol. The Morgan fingerprint density at radius 1 is 0.967 bits per heavy atom. The van der Waals surface area contributed by atoms with Crippen molar-refractivity contribution in [1.29, 1.82) is 0 Å². The fourth-order valence-electron chi connectivity index (χ4n) is 4.42. The molecule has 1 fully saturated rings. The number of carboxylic acids is 1. The molecule has 1 N–H and O–H groups in total. The summed E-state index contributed by atoms with van der Waals surface area (Å²) < 4.78 is 11.2. The fraction of sp³-hybridized carbons (Fsp3) is 0.320. The van der Waals surface area contributed by atoms with Crippen LogP contribution in [0.5, 0.6) is 11.5 Å². The van der Waals surface area contributed by atoms with E-state index in [-0.39, 0.29) is 12.0 Å². The van der Waals surface area contributed by atoms with Crippen molar-refractivity contribution >= 4 is 16.7 Å². The zero-order chi connectivity index (χ0) is 21.1. The van der Waals surface area contributed by atoms with E-state index in [0.29, 0.717) is 12.8 Å². The first-order chi connectivity index (χ1) is 14.6. The molecule has 30 heavy (non-hydrogen) atoms. The van der Waals surface area contributed by atoms with Gasteiger partial charge >= 0.3 is 5.97 Å². The first-order valence-electron chi connectivity index (χ1n) is 10.3. The maximum atomic E-state index is 11.4. The number of ether oxygens (including phenoxy) is 2. The second-order valence-corrected chi connectivity index (χ2v) is 7.77. The summed E-state index contributed by atoms with van der Waals surface area (Å²) in [6, 6.07) is 20.7. The minimum atomic E-state index is -0.698. The number of methoxy groups -OCH3 is 2. The van der Waals surface area contributed by atoms with Gasteiger partial charge in [-0.25, -0.2) is 0 Å². The molecule has 0 spiro atoms. The lowest BCUT2D eigenvalue weighted by atomic mass is 9.90. The molecule has 1 atom stereocenters. The summed E-state index contributed by atoms with van der Waals surface area (Å²) in [4.78, 5) is 13.8. The summed E-state index contributed by atoms with van der Waals surface area (Å²) in [5, 5.41) is 11.8. The van der Waals surface area contributed by atoms with E-state index in [1.54, 1.807) is 14.2 Å². The monoisotopic (exact) mass is 405 g/mol. The molecule has 0 radical (unpaired) electrons. The maximum absolute atomic E-state index is 11.4. The van der Waals surface area contributed by atoms with E-state index in [4.69, 9.17) is 9.47 Å². The Bertz CT molecular complexity index is 1040. The molecule has 1 heterocycles. The van der Waals surface area contributed by atoms with E-state index >= 15 is 0 Å².